The summed E-state index contributed by atoms with van der Waals surface area (Å²) in [5.41, 5.74) is 5.71. The van der Waals surface area contributed by atoms with Crippen LogP contribution in [0.1, 0.15) is 13.8 Å². The molecule has 0 aromatic heterocycles. The molecule has 0 spiro atoms. The fraction of sp³-hybridized carbons (Fsp3) is 0.571. The molecule has 14 heavy (non-hydrogen) atoms. The van der Waals surface area contributed by atoms with Crippen molar-refractivity contribution in [1.82, 2.24) is 0 Å². The van der Waals surface area contributed by atoms with Gasteiger partial charge in [-0.05, 0) is 11.5 Å². The molecule has 0 fully saturated rings. The number of allylic oxidation sites excluding steroid dienone is 1. The number of hydrogen-bond donors (Lipinski definition) is 1. The molecule has 0 saturated heterocycles. The van der Waals surface area contributed by atoms with Gasteiger partial charge in [0.05, 0.1) is 11.7 Å². The summed E-state index contributed by atoms with van der Waals surface area (Å²) in [6.45, 7) is 3.08. The molecule has 0 aromatic carbocycles. The van der Waals surface area contributed by atoms with Crippen molar-refractivity contribution in [3.63, 3.8) is 0 Å². The van der Waals surface area contributed by atoms with E-state index < -0.39 is 27.2 Å². The predicted octanol–water partition coefficient (Wildman–Crippen LogP) is -1.96. The zero-order valence-electron chi connectivity index (χ0n) is 8.44. The van der Waals surface area contributed by atoms with Crippen LogP contribution in [0.3, 0.4) is 0 Å². The minimum absolute atomic E-state index is 0. The monoisotopic (exact) mass is 229 g/mol. The van der Waals surface area contributed by atoms with E-state index in [1.165, 1.54) is 6.08 Å². The Balaban J connectivity index is 0. The van der Waals surface area contributed by atoms with Crippen LogP contribution < -0.4 is 29.6 Å². The molecular weight excluding hydrogens is 217 g/mol. The molecule has 0 aliphatic heterocycles. The molecule has 0 rings (SSSR count). The van der Waals surface area contributed by atoms with Gasteiger partial charge < -0.3 is 10.5 Å². The Labute approximate surface area is 106 Å². The zero-order valence-corrected chi connectivity index (χ0v) is 11.3. The predicted molar refractivity (Wildman–Crippen MR) is 48.7 cm³/mol. The number of nitrogens with one attached hydrogen (secondary N) is 1. The standard InChI is InChI=1S/C7H13NO4S.Na/c1-7(2,4-3-6(8)9)5-13(10,11)12;/h3-4H,5H2,1-2H3,(H3,8,9,10,11,12);/q;+1/p-1. The normalized spacial score (nSPS) is 12.5. The third-order valence-corrected chi connectivity index (χ3v) is 2.35. The van der Waals surface area contributed by atoms with Gasteiger partial charge in [-0.25, -0.2) is 0 Å². The summed E-state index contributed by atoms with van der Waals surface area (Å²) in [5, 5.41) is 0. The quantitative estimate of drug-likeness (QED) is 0.344. The molecule has 0 atom stereocenters. The molecule has 7 heteroatoms. The molecule has 1 amide bonds. The average Bonchev–Trinajstić information content (AvgIpc) is 1.78. The van der Waals surface area contributed by atoms with Gasteiger partial charge in [-0.3, -0.25) is 4.55 Å². The molecule has 0 bridgehead atoms. The molecule has 76 valence electrons. The molecule has 0 saturated carbocycles. The van der Waals surface area contributed by atoms with Crippen molar-refractivity contribution in [2.24, 2.45) is 5.41 Å². The summed E-state index contributed by atoms with van der Waals surface area (Å²) in [4.78, 5) is 10.2. The molecule has 2 N–H and O–H groups in total. The van der Waals surface area contributed by atoms with Crippen molar-refractivity contribution >= 4 is 16.0 Å². The number of hydrogen-bond acceptors (Lipinski definition) is 3. The number of carbonyl (C=O) groups excluding carboxylic acids is 1. The van der Waals surface area contributed by atoms with Gasteiger partial charge in [0.25, 0.3) is 10.1 Å². The van der Waals surface area contributed by atoms with Gasteiger partial charge in [0.15, 0.2) is 0 Å². The van der Waals surface area contributed by atoms with Gasteiger partial charge in [-0.15, -0.1) is 0 Å². The summed E-state index contributed by atoms with van der Waals surface area (Å²) in [5.74, 6) is -1.37. The van der Waals surface area contributed by atoms with E-state index >= 15 is 0 Å². The summed E-state index contributed by atoms with van der Waals surface area (Å²) >= 11 is 0. The first-order valence-electron chi connectivity index (χ1n) is 3.52. The number of rotatable bonds is 4. The Morgan fingerprint density at radius 2 is 1.93 bits per heavy atom. The minimum Gasteiger partial charge on any atom is -0.664 e. The van der Waals surface area contributed by atoms with Gasteiger partial charge in [-0.2, -0.15) is 8.42 Å². The molecular formula is C7H12NNaO4S. The van der Waals surface area contributed by atoms with Crippen LogP contribution in [0.2, 0.25) is 0 Å². The van der Waals surface area contributed by atoms with Crippen LogP contribution >= 0.6 is 0 Å². The molecule has 0 heterocycles. The maximum atomic E-state index is 10.5. The van der Waals surface area contributed by atoms with Crippen LogP contribution in [0.15, 0.2) is 12.2 Å². The van der Waals surface area contributed by atoms with Crippen LogP contribution in [0.5, 0.6) is 0 Å². The molecule has 0 radical (unpaired) electrons. The van der Waals surface area contributed by atoms with Crippen molar-refractivity contribution in [2.75, 3.05) is 5.75 Å². The minimum atomic E-state index is -4.05. The van der Waals surface area contributed by atoms with E-state index in [2.05, 4.69) is 0 Å². The van der Waals surface area contributed by atoms with E-state index in [1.54, 1.807) is 13.8 Å². The largest absolute Gasteiger partial charge is 1.00 e. The SMILES string of the molecule is CC(C)(C=CC([NH-])=O)CS(=O)(=O)O.[Na+]. The van der Waals surface area contributed by atoms with Crippen LogP contribution in [0.25, 0.3) is 5.73 Å². The molecule has 0 aliphatic rings. The second kappa shape index (κ2) is 5.87. The maximum absolute atomic E-state index is 10.5. The van der Waals surface area contributed by atoms with Gasteiger partial charge in [0.2, 0.25) is 0 Å². The Kier molecular flexibility index (Phi) is 6.94. The number of amides is 1. The Morgan fingerprint density at radius 1 is 1.50 bits per heavy atom. The summed E-state index contributed by atoms with van der Waals surface area (Å²) in [6, 6.07) is 0. The zero-order chi connectivity index (χ0) is 10.7. The van der Waals surface area contributed by atoms with Crippen molar-refractivity contribution < 1.29 is 47.3 Å². The Morgan fingerprint density at radius 3 is 2.21 bits per heavy atom. The second-order valence-corrected chi connectivity index (χ2v) is 4.86. The number of carbonyl (C=O) groups is 1. The van der Waals surface area contributed by atoms with Crippen molar-refractivity contribution in [3.05, 3.63) is 17.9 Å². The topological polar surface area (TPSA) is 95.2 Å². The van der Waals surface area contributed by atoms with E-state index in [0.29, 0.717) is 0 Å². The van der Waals surface area contributed by atoms with Crippen LogP contribution in [0.4, 0.5) is 0 Å². The Bertz CT molecular complexity index is 321. The van der Waals surface area contributed by atoms with Crippen molar-refractivity contribution in [3.8, 4) is 0 Å². The third kappa shape index (κ3) is 10.2. The molecule has 0 aromatic rings. The third-order valence-electron chi connectivity index (χ3n) is 1.24. The summed E-state index contributed by atoms with van der Waals surface area (Å²) < 4.78 is 29.5. The smallest absolute Gasteiger partial charge is 0.664 e. The first-order valence-corrected chi connectivity index (χ1v) is 5.13. The van der Waals surface area contributed by atoms with Gasteiger partial charge in [0.1, 0.15) is 0 Å². The first kappa shape index (κ1) is 16.5. The maximum Gasteiger partial charge on any atom is 1.00 e. The van der Waals surface area contributed by atoms with E-state index in [9.17, 15) is 13.2 Å². The van der Waals surface area contributed by atoms with Crippen molar-refractivity contribution in [1.29, 1.82) is 0 Å². The average molecular weight is 229 g/mol. The van der Waals surface area contributed by atoms with E-state index in [1.807, 2.05) is 0 Å². The van der Waals surface area contributed by atoms with E-state index in [-0.39, 0.29) is 29.6 Å². The van der Waals surface area contributed by atoms with Crippen LogP contribution in [-0.4, -0.2) is 24.6 Å². The molecule has 5 nitrogen and oxygen atoms in total. The first-order chi connectivity index (χ1) is 5.62. The second-order valence-electron chi connectivity index (χ2n) is 3.41. The van der Waals surface area contributed by atoms with E-state index in [0.717, 1.165) is 6.08 Å². The fourth-order valence-electron chi connectivity index (χ4n) is 0.820. The van der Waals surface area contributed by atoms with Crippen LogP contribution in [0, 0.1) is 5.41 Å². The molecule has 0 aliphatic carbocycles. The molecule has 0 unspecified atom stereocenters. The van der Waals surface area contributed by atoms with Gasteiger partial charge >= 0.3 is 29.6 Å². The Hall–Kier alpha value is 0.120. The van der Waals surface area contributed by atoms with Crippen molar-refractivity contribution in [2.45, 2.75) is 13.8 Å². The van der Waals surface area contributed by atoms with E-state index in [4.69, 9.17) is 10.3 Å². The van der Waals surface area contributed by atoms with Gasteiger partial charge in [-0.1, -0.05) is 19.9 Å². The van der Waals surface area contributed by atoms with Gasteiger partial charge in [0, 0.05) is 0 Å². The fourth-order valence-corrected chi connectivity index (χ4v) is 1.86. The summed E-state index contributed by atoms with van der Waals surface area (Å²) in [7, 11) is -4.05. The van der Waals surface area contributed by atoms with Crippen LogP contribution in [-0.2, 0) is 14.9 Å². The summed E-state index contributed by atoms with van der Waals surface area (Å²) in [6.07, 6.45) is 2.25.